The third kappa shape index (κ3) is 8.31. The summed E-state index contributed by atoms with van der Waals surface area (Å²) in [5, 5.41) is 10.9. The van der Waals surface area contributed by atoms with Crippen LogP contribution in [0.15, 0.2) is 0 Å². The molecule has 0 bridgehead atoms. The molecule has 1 heterocycles. The van der Waals surface area contributed by atoms with Gasteiger partial charge in [-0.1, -0.05) is 27.7 Å². The molecule has 8 nitrogen and oxygen atoms in total. The fraction of sp³-hybridized carbons (Fsp3) is 0.778. The van der Waals surface area contributed by atoms with Crippen molar-refractivity contribution in [2.45, 2.75) is 65.5 Å². The quantitative estimate of drug-likeness (QED) is 0.437. The molecule has 4 N–H and O–H groups in total. The van der Waals surface area contributed by atoms with E-state index in [-0.39, 0.29) is 49.3 Å². The Morgan fingerprint density at radius 3 is 1.46 bits per heavy atom. The second-order valence-corrected chi connectivity index (χ2v) is 7.60. The summed E-state index contributed by atoms with van der Waals surface area (Å²) in [4.78, 5) is 47.7. The first-order chi connectivity index (χ1) is 12.2. The van der Waals surface area contributed by atoms with E-state index < -0.39 is 12.1 Å². The van der Waals surface area contributed by atoms with Crippen LogP contribution in [0, 0.1) is 11.8 Å². The molecular formula is C18H32N4O4. The molecule has 1 rings (SSSR count). The number of nitrogens with one attached hydrogen (secondary N) is 4. The first-order valence-electron chi connectivity index (χ1n) is 9.33. The van der Waals surface area contributed by atoms with Gasteiger partial charge in [0.05, 0.1) is 0 Å². The number of carbonyl (C=O) groups is 4. The molecule has 8 heteroatoms. The van der Waals surface area contributed by atoms with Crippen LogP contribution in [0.25, 0.3) is 0 Å². The molecule has 148 valence electrons. The van der Waals surface area contributed by atoms with E-state index in [0.717, 1.165) is 0 Å². The lowest BCUT2D eigenvalue weighted by Crippen LogP contribution is -2.61. The number of hydrogen-bond donors (Lipinski definition) is 4. The topological polar surface area (TPSA) is 116 Å². The third-order valence-corrected chi connectivity index (χ3v) is 4.00. The molecule has 0 aromatic heterocycles. The number of carbonyl (C=O) groups excluding carboxylic acids is 4. The normalized spacial score (nSPS) is 19.9. The van der Waals surface area contributed by atoms with Gasteiger partial charge in [0.15, 0.2) is 0 Å². The van der Waals surface area contributed by atoms with E-state index in [0.29, 0.717) is 24.9 Å². The Labute approximate surface area is 155 Å². The fourth-order valence-corrected chi connectivity index (χ4v) is 2.45. The molecule has 2 atom stereocenters. The van der Waals surface area contributed by atoms with Gasteiger partial charge in [-0.25, -0.2) is 0 Å². The predicted octanol–water partition coefficient (Wildman–Crippen LogP) is 0.0744. The second kappa shape index (κ2) is 10.8. The van der Waals surface area contributed by atoms with Gasteiger partial charge in [0, 0.05) is 25.9 Å². The fourth-order valence-electron chi connectivity index (χ4n) is 2.45. The summed E-state index contributed by atoms with van der Waals surface area (Å²) >= 11 is 0. The zero-order chi connectivity index (χ0) is 19.7. The molecular weight excluding hydrogens is 336 g/mol. The lowest BCUT2D eigenvalue weighted by molar-refractivity contribution is -0.137. The highest BCUT2D eigenvalue weighted by atomic mass is 16.2. The standard InChI is InChI=1S/C18H32N4O4/c1-11(2)9-19-15(23)7-5-13-17(25)22-14(18(26)21-13)6-8-16(24)20-10-12(3)4/h11-14H,5-10H2,1-4H3,(H,19,23)(H,20,24)(H,21,26)(H,22,25)/t13-,14-/m0/s1. The zero-order valence-corrected chi connectivity index (χ0v) is 16.2. The molecule has 0 aliphatic carbocycles. The summed E-state index contributed by atoms with van der Waals surface area (Å²) in [5.41, 5.74) is 0. The molecule has 0 spiro atoms. The molecule has 26 heavy (non-hydrogen) atoms. The Balaban J connectivity index is 2.35. The summed E-state index contributed by atoms with van der Waals surface area (Å²) in [7, 11) is 0. The van der Waals surface area contributed by atoms with Crippen molar-refractivity contribution in [3.05, 3.63) is 0 Å². The average molecular weight is 368 g/mol. The summed E-state index contributed by atoms with van der Waals surface area (Å²) < 4.78 is 0. The van der Waals surface area contributed by atoms with E-state index in [9.17, 15) is 19.2 Å². The van der Waals surface area contributed by atoms with Crippen molar-refractivity contribution >= 4 is 23.6 Å². The minimum absolute atomic E-state index is 0.135. The van der Waals surface area contributed by atoms with Gasteiger partial charge in [-0.05, 0) is 24.7 Å². The zero-order valence-electron chi connectivity index (χ0n) is 16.2. The van der Waals surface area contributed by atoms with E-state index in [1.807, 2.05) is 27.7 Å². The van der Waals surface area contributed by atoms with Crippen LogP contribution >= 0.6 is 0 Å². The summed E-state index contributed by atoms with van der Waals surface area (Å²) in [6.45, 7) is 9.17. The van der Waals surface area contributed by atoms with Gasteiger partial charge in [0.2, 0.25) is 23.6 Å². The number of piperazine rings is 1. The SMILES string of the molecule is CC(C)CNC(=O)CC[C@@H]1NC(=O)[C@H](CCC(=O)NCC(C)C)NC1=O. The van der Waals surface area contributed by atoms with Crippen LogP contribution < -0.4 is 21.3 Å². The first-order valence-corrected chi connectivity index (χ1v) is 9.33. The minimum Gasteiger partial charge on any atom is -0.356 e. The van der Waals surface area contributed by atoms with Gasteiger partial charge in [0.25, 0.3) is 0 Å². The molecule has 1 aliphatic rings. The molecule has 0 saturated carbocycles. The molecule has 0 aromatic rings. The van der Waals surface area contributed by atoms with Gasteiger partial charge >= 0.3 is 0 Å². The first kappa shape index (κ1) is 21.9. The van der Waals surface area contributed by atoms with Crippen LogP contribution in [0.2, 0.25) is 0 Å². The maximum atomic E-state index is 12.1. The second-order valence-electron chi connectivity index (χ2n) is 7.60. The molecule has 4 amide bonds. The van der Waals surface area contributed by atoms with Crippen molar-refractivity contribution in [2.75, 3.05) is 13.1 Å². The Hall–Kier alpha value is -2.12. The van der Waals surface area contributed by atoms with Crippen LogP contribution in [0.5, 0.6) is 0 Å². The predicted molar refractivity (Wildman–Crippen MR) is 98.0 cm³/mol. The van der Waals surface area contributed by atoms with Gasteiger partial charge in [-0.3, -0.25) is 19.2 Å². The van der Waals surface area contributed by atoms with Gasteiger partial charge in [-0.15, -0.1) is 0 Å². The number of amides is 4. The van der Waals surface area contributed by atoms with Crippen molar-refractivity contribution in [3.63, 3.8) is 0 Å². The Kier molecular flexibility index (Phi) is 9.09. The maximum absolute atomic E-state index is 12.1. The molecule has 0 aromatic carbocycles. The summed E-state index contributed by atoms with van der Waals surface area (Å²) in [6.07, 6.45) is 0.854. The monoisotopic (exact) mass is 368 g/mol. The van der Waals surface area contributed by atoms with Crippen molar-refractivity contribution < 1.29 is 19.2 Å². The van der Waals surface area contributed by atoms with Crippen LogP contribution in [0.3, 0.4) is 0 Å². The summed E-state index contributed by atoms with van der Waals surface area (Å²) in [6, 6.07) is -1.42. The number of hydrogen-bond acceptors (Lipinski definition) is 4. The highest BCUT2D eigenvalue weighted by Crippen LogP contribution is 2.08. The van der Waals surface area contributed by atoms with Crippen LogP contribution in [-0.2, 0) is 19.2 Å². The van der Waals surface area contributed by atoms with Crippen LogP contribution in [0.1, 0.15) is 53.4 Å². The number of rotatable bonds is 10. The lowest BCUT2D eigenvalue weighted by Gasteiger charge is -2.29. The van der Waals surface area contributed by atoms with E-state index >= 15 is 0 Å². The minimum atomic E-state index is -0.710. The Morgan fingerprint density at radius 1 is 0.808 bits per heavy atom. The third-order valence-electron chi connectivity index (χ3n) is 4.00. The van der Waals surface area contributed by atoms with E-state index in [4.69, 9.17) is 0 Å². The Bertz CT molecular complexity index is 473. The molecule has 0 radical (unpaired) electrons. The van der Waals surface area contributed by atoms with Gasteiger partial charge in [0.1, 0.15) is 12.1 Å². The van der Waals surface area contributed by atoms with Crippen molar-refractivity contribution in [1.82, 2.24) is 21.3 Å². The molecule has 1 fully saturated rings. The highest BCUT2D eigenvalue weighted by molar-refractivity contribution is 5.97. The van der Waals surface area contributed by atoms with Crippen LogP contribution in [0.4, 0.5) is 0 Å². The van der Waals surface area contributed by atoms with E-state index in [1.54, 1.807) is 0 Å². The van der Waals surface area contributed by atoms with Gasteiger partial charge in [-0.2, -0.15) is 0 Å². The highest BCUT2D eigenvalue weighted by Gasteiger charge is 2.33. The largest absolute Gasteiger partial charge is 0.356 e. The average Bonchev–Trinajstić information content (AvgIpc) is 2.57. The van der Waals surface area contributed by atoms with Gasteiger partial charge < -0.3 is 21.3 Å². The van der Waals surface area contributed by atoms with Crippen molar-refractivity contribution in [3.8, 4) is 0 Å². The van der Waals surface area contributed by atoms with Crippen LogP contribution in [-0.4, -0.2) is 48.8 Å². The summed E-state index contributed by atoms with van der Waals surface area (Å²) in [5.74, 6) is -0.178. The van der Waals surface area contributed by atoms with Crippen molar-refractivity contribution in [1.29, 1.82) is 0 Å². The molecule has 1 saturated heterocycles. The molecule has 1 aliphatic heterocycles. The van der Waals surface area contributed by atoms with Crippen molar-refractivity contribution in [2.24, 2.45) is 11.8 Å². The van der Waals surface area contributed by atoms with E-state index in [2.05, 4.69) is 21.3 Å². The smallest absolute Gasteiger partial charge is 0.243 e. The maximum Gasteiger partial charge on any atom is 0.243 e. The molecule has 0 unspecified atom stereocenters. The lowest BCUT2D eigenvalue weighted by atomic mass is 10.0. The van der Waals surface area contributed by atoms with E-state index in [1.165, 1.54) is 0 Å². The Morgan fingerprint density at radius 2 is 1.15 bits per heavy atom.